The molecule has 0 aliphatic rings. The van der Waals surface area contributed by atoms with Gasteiger partial charge in [0.05, 0.1) is 19.3 Å². The van der Waals surface area contributed by atoms with Crippen LogP contribution in [0.5, 0.6) is 11.5 Å². The van der Waals surface area contributed by atoms with Crippen molar-refractivity contribution in [2.75, 3.05) is 13.2 Å². The monoisotopic (exact) mass is 371 g/mol. The Balaban J connectivity index is 2.42. The fourth-order valence-electron chi connectivity index (χ4n) is 2.70. The van der Waals surface area contributed by atoms with Gasteiger partial charge >= 0.3 is 6.09 Å². The lowest BCUT2D eigenvalue weighted by Crippen LogP contribution is -2.35. The zero-order valence-corrected chi connectivity index (χ0v) is 16.7. The fourth-order valence-corrected chi connectivity index (χ4v) is 2.70. The van der Waals surface area contributed by atoms with Gasteiger partial charge in [-0.1, -0.05) is 30.3 Å². The molecule has 1 amide bonds. The van der Waals surface area contributed by atoms with Crippen molar-refractivity contribution in [3.8, 4) is 11.5 Å². The van der Waals surface area contributed by atoms with E-state index < -0.39 is 17.7 Å². The molecule has 2 aromatic carbocycles. The summed E-state index contributed by atoms with van der Waals surface area (Å²) in [5.74, 6) is 1.40. The molecule has 0 bridgehead atoms. The summed E-state index contributed by atoms with van der Waals surface area (Å²) >= 11 is 0. The molecule has 5 nitrogen and oxygen atoms in total. The molecule has 2 aromatic rings. The molecular formula is C22H29NO4. The number of carbonyl (C=O) groups excluding carboxylic acids is 1. The molecule has 146 valence electrons. The third kappa shape index (κ3) is 6.20. The Hall–Kier alpha value is -2.69. The first kappa shape index (κ1) is 20.6. The van der Waals surface area contributed by atoms with Gasteiger partial charge in [-0.05, 0) is 52.3 Å². The minimum absolute atomic E-state index is 0.404. The van der Waals surface area contributed by atoms with E-state index in [-0.39, 0.29) is 0 Å². The third-order valence-electron chi connectivity index (χ3n) is 3.70. The van der Waals surface area contributed by atoms with Crippen LogP contribution in [0, 0.1) is 0 Å². The summed E-state index contributed by atoms with van der Waals surface area (Å²) in [5, 5.41) is 2.97. The van der Waals surface area contributed by atoms with Crippen LogP contribution >= 0.6 is 0 Å². The van der Waals surface area contributed by atoms with Gasteiger partial charge in [-0.15, -0.1) is 0 Å². The number of hydrogen-bond donors (Lipinski definition) is 1. The van der Waals surface area contributed by atoms with Gasteiger partial charge in [-0.25, -0.2) is 4.79 Å². The van der Waals surface area contributed by atoms with Crippen LogP contribution in [0.3, 0.4) is 0 Å². The Morgan fingerprint density at radius 2 is 1.67 bits per heavy atom. The summed E-state index contributed by atoms with van der Waals surface area (Å²) in [4.78, 5) is 12.5. The van der Waals surface area contributed by atoms with Crippen LogP contribution in [-0.4, -0.2) is 24.9 Å². The maximum Gasteiger partial charge on any atom is 0.408 e. The average Bonchev–Trinajstić information content (AvgIpc) is 2.60. The maximum atomic E-state index is 12.5. The normalized spacial score (nSPS) is 12.2. The van der Waals surface area contributed by atoms with E-state index in [1.807, 2.05) is 83.1 Å². The largest absolute Gasteiger partial charge is 0.494 e. The summed E-state index contributed by atoms with van der Waals surface area (Å²) in [6.07, 6.45) is -0.479. The smallest absolute Gasteiger partial charge is 0.408 e. The summed E-state index contributed by atoms with van der Waals surface area (Å²) in [7, 11) is 0. The van der Waals surface area contributed by atoms with Crippen molar-refractivity contribution >= 4 is 6.09 Å². The van der Waals surface area contributed by atoms with Crippen molar-refractivity contribution in [3.05, 3.63) is 59.7 Å². The Morgan fingerprint density at radius 3 is 2.26 bits per heavy atom. The molecule has 27 heavy (non-hydrogen) atoms. The molecule has 0 radical (unpaired) electrons. The lowest BCUT2D eigenvalue weighted by atomic mass is 9.97. The molecule has 1 atom stereocenters. The standard InChI is InChI=1S/C22H29NO4/c1-6-25-17-13-14-18(19(15-17)26-7-2)20(16-11-9-8-10-12-16)23-21(24)27-22(3,4)5/h8-15,20H,6-7H2,1-5H3,(H,23,24). The number of rotatable bonds is 7. The Morgan fingerprint density at radius 1 is 1.00 bits per heavy atom. The summed E-state index contributed by atoms with van der Waals surface area (Å²) in [6, 6.07) is 15.0. The Labute approximate surface area is 161 Å². The Kier molecular flexibility index (Phi) is 7.11. The zero-order valence-electron chi connectivity index (χ0n) is 16.7. The van der Waals surface area contributed by atoms with E-state index in [9.17, 15) is 4.79 Å². The number of ether oxygens (including phenoxy) is 3. The van der Waals surface area contributed by atoms with Gasteiger partial charge in [0.15, 0.2) is 0 Å². The third-order valence-corrected chi connectivity index (χ3v) is 3.70. The highest BCUT2D eigenvalue weighted by Gasteiger charge is 2.24. The van der Waals surface area contributed by atoms with Crippen molar-refractivity contribution in [2.45, 2.75) is 46.3 Å². The van der Waals surface area contributed by atoms with E-state index >= 15 is 0 Å². The predicted octanol–water partition coefficient (Wildman–Crippen LogP) is 5.10. The van der Waals surface area contributed by atoms with Crippen LogP contribution in [-0.2, 0) is 4.74 Å². The van der Waals surface area contributed by atoms with Crippen LogP contribution < -0.4 is 14.8 Å². The molecule has 0 fully saturated rings. The first-order valence-electron chi connectivity index (χ1n) is 9.28. The molecule has 0 aromatic heterocycles. The lowest BCUT2D eigenvalue weighted by Gasteiger charge is -2.25. The van der Waals surface area contributed by atoms with Crippen molar-refractivity contribution < 1.29 is 19.0 Å². The summed E-state index contributed by atoms with van der Waals surface area (Å²) in [6.45, 7) is 10.5. The number of hydrogen-bond acceptors (Lipinski definition) is 4. The second kappa shape index (κ2) is 9.31. The van der Waals surface area contributed by atoms with Gasteiger partial charge in [0.2, 0.25) is 0 Å². The first-order valence-corrected chi connectivity index (χ1v) is 9.28. The number of benzene rings is 2. The van der Waals surface area contributed by atoms with Gasteiger partial charge in [0, 0.05) is 11.6 Å². The highest BCUT2D eigenvalue weighted by molar-refractivity contribution is 5.69. The molecule has 2 rings (SSSR count). The average molecular weight is 371 g/mol. The summed E-state index contributed by atoms with van der Waals surface area (Å²) in [5.41, 5.74) is 1.21. The molecular weight excluding hydrogens is 342 g/mol. The molecule has 0 spiro atoms. The minimum Gasteiger partial charge on any atom is -0.494 e. The minimum atomic E-state index is -0.576. The molecule has 1 N–H and O–H groups in total. The van der Waals surface area contributed by atoms with E-state index in [1.165, 1.54) is 0 Å². The molecule has 5 heteroatoms. The predicted molar refractivity (Wildman–Crippen MR) is 106 cm³/mol. The second-order valence-corrected chi connectivity index (χ2v) is 7.06. The van der Waals surface area contributed by atoms with Crippen LogP contribution in [0.2, 0.25) is 0 Å². The number of amides is 1. The van der Waals surface area contributed by atoms with Crippen LogP contribution in [0.25, 0.3) is 0 Å². The molecule has 0 saturated heterocycles. The Bertz CT molecular complexity index is 738. The quantitative estimate of drug-likeness (QED) is 0.736. The fraction of sp³-hybridized carbons (Fsp3) is 0.409. The van der Waals surface area contributed by atoms with Gasteiger partial charge in [0.1, 0.15) is 17.1 Å². The van der Waals surface area contributed by atoms with Crippen LogP contribution in [0.1, 0.15) is 51.8 Å². The van der Waals surface area contributed by atoms with E-state index in [0.29, 0.717) is 19.0 Å². The molecule has 0 aliphatic carbocycles. The second-order valence-electron chi connectivity index (χ2n) is 7.06. The first-order chi connectivity index (χ1) is 12.8. The lowest BCUT2D eigenvalue weighted by molar-refractivity contribution is 0.0512. The van der Waals surface area contributed by atoms with Gasteiger partial charge in [-0.2, -0.15) is 0 Å². The van der Waals surface area contributed by atoms with E-state index in [0.717, 1.165) is 16.9 Å². The van der Waals surface area contributed by atoms with Crippen molar-refractivity contribution in [3.63, 3.8) is 0 Å². The van der Waals surface area contributed by atoms with Crippen molar-refractivity contribution in [1.29, 1.82) is 0 Å². The van der Waals surface area contributed by atoms with Crippen LogP contribution in [0.15, 0.2) is 48.5 Å². The van der Waals surface area contributed by atoms with E-state index in [2.05, 4.69) is 5.32 Å². The summed E-state index contributed by atoms with van der Waals surface area (Å²) < 4.78 is 16.9. The topological polar surface area (TPSA) is 56.8 Å². The van der Waals surface area contributed by atoms with E-state index in [1.54, 1.807) is 0 Å². The van der Waals surface area contributed by atoms with Crippen molar-refractivity contribution in [2.24, 2.45) is 0 Å². The van der Waals surface area contributed by atoms with Gasteiger partial charge in [0.25, 0.3) is 0 Å². The van der Waals surface area contributed by atoms with Gasteiger partial charge < -0.3 is 19.5 Å². The molecule has 0 aliphatic heterocycles. The molecule has 1 unspecified atom stereocenters. The zero-order chi connectivity index (χ0) is 19.9. The molecule has 0 saturated carbocycles. The van der Waals surface area contributed by atoms with Gasteiger partial charge in [-0.3, -0.25) is 0 Å². The van der Waals surface area contributed by atoms with Crippen molar-refractivity contribution in [1.82, 2.24) is 5.32 Å². The molecule has 0 heterocycles. The van der Waals surface area contributed by atoms with E-state index in [4.69, 9.17) is 14.2 Å². The SMILES string of the molecule is CCOc1ccc(C(NC(=O)OC(C)(C)C)c2ccccc2)c(OCC)c1. The highest BCUT2D eigenvalue weighted by atomic mass is 16.6. The van der Waals surface area contributed by atoms with Crippen LogP contribution in [0.4, 0.5) is 4.79 Å². The highest BCUT2D eigenvalue weighted by Crippen LogP contribution is 2.33. The number of carbonyl (C=O) groups is 1. The number of alkyl carbamates (subject to hydrolysis) is 1. The number of nitrogens with one attached hydrogen (secondary N) is 1. The maximum absolute atomic E-state index is 12.5.